The maximum absolute atomic E-state index is 5.49. The van der Waals surface area contributed by atoms with E-state index in [0.29, 0.717) is 5.71 Å². The van der Waals surface area contributed by atoms with Crippen molar-refractivity contribution in [1.82, 2.24) is 15.4 Å². The third kappa shape index (κ3) is 2.38. The van der Waals surface area contributed by atoms with Gasteiger partial charge >= 0.3 is 0 Å². The summed E-state index contributed by atoms with van der Waals surface area (Å²) in [4.78, 5) is 9.50. The molecule has 3 aromatic rings. The Kier molecular flexibility index (Phi) is 3.32. The lowest BCUT2D eigenvalue weighted by molar-refractivity contribution is 1.03. The quantitative estimate of drug-likeness (QED) is 0.390. The summed E-state index contributed by atoms with van der Waals surface area (Å²) in [6.45, 7) is 0. The number of nitrogens with zero attached hydrogens (tertiary/aromatic N) is 3. The van der Waals surface area contributed by atoms with Crippen LogP contribution in [-0.4, -0.2) is 20.8 Å². The Balaban J connectivity index is 2.01. The molecule has 23 heavy (non-hydrogen) atoms. The van der Waals surface area contributed by atoms with Crippen LogP contribution in [0.3, 0.4) is 0 Å². The van der Waals surface area contributed by atoms with E-state index in [2.05, 4.69) is 26.5 Å². The molecule has 0 spiro atoms. The third-order valence-corrected chi connectivity index (χ3v) is 4.15. The van der Waals surface area contributed by atoms with Gasteiger partial charge in [-0.1, -0.05) is 40.2 Å². The van der Waals surface area contributed by atoms with Crippen molar-refractivity contribution in [3.8, 4) is 11.3 Å². The van der Waals surface area contributed by atoms with Gasteiger partial charge in [0, 0.05) is 15.6 Å². The van der Waals surface area contributed by atoms with Crippen LogP contribution in [0.25, 0.3) is 22.3 Å². The summed E-state index contributed by atoms with van der Waals surface area (Å²) in [6, 6.07) is 13.8. The van der Waals surface area contributed by atoms with Crippen LogP contribution < -0.4 is 11.2 Å². The molecule has 0 bridgehead atoms. The molecule has 0 saturated heterocycles. The number of hydrogen-bond acceptors (Lipinski definition) is 4. The highest BCUT2D eigenvalue weighted by Crippen LogP contribution is 2.35. The number of fused-ring (bicyclic) bond motifs is 4. The number of nitrogens with two attached hydrogens (primary N) is 1. The van der Waals surface area contributed by atoms with Gasteiger partial charge in [0.25, 0.3) is 0 Å². The summed E-state index contributed by atoms with van der Waals surface area (Å²) in [5, 5.41) is 4.43. The molecule has 0 amide bonds. The molecule has 7 heteroatoms. The zero-order valence-corrected chi connectivity index (χ0v) is 14.1. The van der Waals surface area contributed by atoms with Crippen molar-refractivity contribution in [2.75, 3.05) is 0 Å². The zero-order chi connectivity index (χ0) is 16.0. The van der Waals surface area contributed by atoms with Crippen molar-refractivity contribution in [3.05, 3.63) is 58.2 Å². The SMILES string of the molecule is NC(=S)NN=C1c2ccccc2-c2nc3ccc(Br)cc3nc21. The van der Waals surface area contributed by atoms with Crippen LogP contribution in [0.1, 0.15) is 11.3 Å². The first-order valence-corrected chi connectivity index (χ1v) is 8.04. The summed E-state index contributed by atoms with van der Waals surface area (Å²) in [6.07, 6.45) is 0. The first kappa shape index (κ1) is 14.2. The predicted octanol–water partition coefficient (Wildman–Crippen LogP) is 2.96. The van der Waals surface area contributed by atoms with Crippen molar-refractivity contribution in [1.29, 1.82) is 0 Å². The lowest BCUT2D eigenvalue weighted by Gasteiger charge is -2.04. The highest BCUT2D eigenvalue weighted by atomic mass is 79.9. The standard InChI is InChI=1S/C16H10BrN5S/c17-8-5-6-11-12(7-8)20-15-13(19-11)9-3-1-2-4-10(9)14(15)21-22-16(18)23/h1-7H,(H3,18,22,23). The average Bonchev–Trinajstić information content (AvgIpc) is 2.84. The summed E-state index contributed by atoms with van der Waals surface area (Å²) in [7, 11) is 0. The topological polar surface area (TPSA) is 76.2 Å². The summed E-state index contributed by atoms with van der Waals surface area (Å²) < 4.78 is 0.953. The monoisotopic (exact) mass is 383 g/mol. The smallest absolute Gasteiger partial charge is 0.184 e. The number of rotatable bonds is 1. The van der Waals surface area contributed by atoms with Gasteiger partial charge in [0.1, 0.15) is 11.4 Å². The number of nitrogens with one attached hydrogen (secondary N) is 1. The predicted molar refractivity (Wildman–Crippen MR) is 98.2 cm³/mol. The molecule has 1 heterocycles. The number of hydrazone groups is 1. The zero-order valence-electron chi connectivity index (χ0n) is 11.7. The van der Waals surface area contributed by atoms with Gasteiger partial charge in [0.05, 0.1) is 16.7 Å². The lowest BCUT2D eigenvalue weighted by atomic mass is 10.1. The second-order valence-corrected chi connectivity index (χ2v) is 6.39. The molecule has 0 fully saturated rings. The molecule has 112 valence electrons. The summed E-state index contributed by atoms with van der Waals surface area (Å²) in [5.74, 6) is 0. The molecule has 0 saturated carbocycles. The van der Waals surface area contributed by atoms with Crippen molar-refractivity contribution in [2.45, 2.75) is 0 Å². The molecule has 3 N–H and O–H groups in total. The van der Waals surface area contributed by atoms with Crippen molar-refractivity contribution in [2.24, 2.45) is 10.8 Å². The molecule has 1 aliphatic rings. The molecule has 0 radical (unpaired) electrons. The van der Waals surface area contributed by atoms with Crippen molar-refractivity contribution >= 4 is 50.0 Å². The van der Waals surface area contributed by atoms with Crippen LogP contribution in [0.4, 0.5) is 0 Å². The summed E-state index contributed by atoms with van der Waals surface area (Å²) in [5.41, 5.74) is 14.0. The maximum Gasteiger partial charge on any atom is 0.184 e. The van der Waals surface area contributed by atoms with Crippen molar-refractivity contribution < 1.29 is 0 Å². The maximum atomic E-state index is 5.49. The number of benzene rings is 2. The first-order valence-electron chi connectivity index (χ1n) is 6.84. The molecular weight excluding hydrogens is 374 g/mol. The second kappa shape index (κ2) is 5.36. The largest absolute Gasteiger partial charge is 0.375 e. The Morgan fingerprint density at radius 2 is 1.78 bits per heavy atom. The van der Waals surface area contributed by atoms with Gasteiger partial charge in [-0.3, -0.25) is 5.43 Å². The van der Waals surface area contributed by atoms with E-state index in [4.69, 9.17) is 27.9 Å². The second-order valence-electron chi connectivity index (χ2n) is 5.04. The van der Waals surface area contributed by atoms with E-state index in [1.54, 1.807) is 0 Å². The van der Waals surface area contributed by atoms with Crippen LogP contribution in [-0.2, 0) is 0 Å². The van der Waals surface area contributed by atoms with E-state index in [0.717, 1.165) is 38.0 Å². The Morgan fingerprint density at radius 1 is 1.04 bits per heavy atom. The normalized spacial score (nSPS) is 13.9. The number of thiocarbonyl (C=S) groups is 1. The number of halogens is 1. The molecule has 1 aliphatic carbocycles. The van der Waals surface area contributed by atoms with E-state index < -0.39 is 0 Å². The molecule has 5 nitrogen and oxygen atoms in total. The van der Waals surface area contributed by atoms with Gasteiger partial charge in [-0.2, -0.15) is 5.10 Å². The van der Waals surface area contributed by atoms with Crippen molar-refractivity contribution in [3.63, 3.8) is 0 Å². The lowest BCUT2D eigenvalue weighted by Crippen LogP contribution is -2.25. The minimum Gasteiger partial charge on any atom is -0.375 e. The van der Waals surface area contributed by atoms with Gasteiger partial charge in [0.2, 0.25) is 0 Å². The number of aromatic nitrogens is 2. The Hall–Kier alpha value is -2.38. The van der Waals surface area contributed by atoms with Crippen LogP contribution in [0.2, 0.25) is 0 Å². The molecule has 2 aromatic carbocycles. The fourth-order valence-electron chi connectivity index (χ4n) is 2.63. The fraction of sp³-hybridized carbons (Fsp3) is 0. The highest BCUT2D eigenvalue weighted by Gasteiger charge is 2.28. The molecule has 4 rings (SSSR count). The molecule has 1 aromatic heterocycles. The van der Waals surface area contributed by atoms with Crippen LogP contribution >= 0.6 is 28.1 Å². The number of hydrogen-bond donors (Lipinski definition) is 2. The Labute approximate surface area is 145 Å². The van der Waals surface area contributed by atoms with Gasteiger partial charge in [-0.05, 0) is 30.4 Å². The van der Waals surface area contributed by atoms with Gasteiger partial charge < -0.3 is 5.73 Å². The van der Waals surface area contributed by atoms with Crippen LogP contribution in [0.15, 0.2) is 52.0 Å². The highest BCUT2D eigenvalue weighted by molar-refractivity contribution is 9.10. The van der Waals surface area contributed by atoms with Crippen LogP contribution in [0.5, 0.6) is 0 Å². The van der Waals surface area contributed by atoms with E-state index in [9.17, 15) is 0 Å². The average molecular weight is 384 g/mol. The van der Waals surface area contributed by atoms with E-state index in [1.165, 1.54) is 0 Å². The van der Waals surface area contributed by atoms with Crippen LogP contribution in [0, 0.1) is 0 Å². The molecule has 0 aliphatic heterocycles. The molecular formula is C16H10BrN5S. The van der Waals surface area contributed by atoms with E-state index >= 15 is 0 Å². The van der Waals surface area contributed by atoms with E-state index in [1.807, 2.05) is 42.5 Å². The first-order chi connectivity index (χ1) is 11.1. The minimum atomic E-state index is 0.111. The minimum absolute atomic E-state index is 0.111. The molecule has 0 atom stereocenters. The van der Waals surface area contributed by atoms with Gasteiger partial charge in [-0.25, -0.2) is 9.97 Å². The Morgan fingerprint density at radius 3 is 2.57 bits per heavy atom. The summed E-state index contributed by atoms with van der Waals surface area (Å²) >= 11 is 8.30. The van der Waals surface area contributed by atoms with Gasteiger partial charge in [-0.15, -0.1) is 0 Å². The molecule has 0 unspecified atom stereocenters. The fourth-order valence-corrected chi connectivity index (χ4v) is 3.02. The Bertz CT molecular complexity index is 999. The van der Waals surface area contributed by atoms with E-state index in [-0.39, 0.29) is 5.11 Å². The third-order valence-electron chi connectivity index (χ3n) is 3.57. The van der Waals surface area contributed by atoms with Gasteiger partial charge in [0.15, 0.2) is 5.11 Å².